The Bertz CT molecular complexity index is 1200. The molecule has 210 valence electrons. The standard InChI is InChI=1S/C27H32F3N5O4/c1-36-23-14-24(37-2)26(30)20(25(23)29)17-39-19-15-32-27(33-16-19)34-18-5-6-22(21(28)13-18)38-12-4-3-9-35-10-7-31-8-11-35/h5-6,13-16,31H,3-4,7-12,17H2,1-2H3,(H,32,33,34). The summed E-state index contributed by atoms with van der Waals surface area (Å²) in [6.45, 7) is 5.18. The third-order valence-corrected chi connectivity index (χ3v) is 6.20. The Morgan fingerprint density at radius 1 is 0.897 bits per heavy atom. The van der Waals surface area contributed by atoms with Gasteiger partial charge in [0, 0.05) is 44.0 Å². The normalized spacial score (nSPS) is 13.7. The van der Waals surface area contributed by atoms with Crippen molar-refractivity contribution in [3.05, 3.63) is 59.7 Å². The Labute approximate surface area is 225 Å². The predicted octanol–water partition coefficient (Wildman–Crippen LogP) is 4.30. The molecule has 0 spiro atoms. The summed E-state index contributed by atoms with van der Waals surface area (Å²) in [4.78, 5) is 10.6. The lowest BCUT2D eigenvalue weighted by molar-refractivity contribution is 0.224. The smallest absolute Gasteiger partial charge is 0.227 e. The van der Waals surface area contributed by atoms with E-state index in [2.05, 4.69) is 25.5 Å². The highest BCUT2D eigenvalue weighted by atomic mass is 19.1. The molecule has 0 unspecified atom stereocenters. The molecule has 0 saturated carbocycles. The highest BCUT2D eigenvalue weighted by molar-refractivity contribution is 5.55. The van der Waals surface area contributed by atoms with Crippen molar-refractivity contribution in [2.24, 2.45) is 0 Å². The third-order valence-electron chi connectivity index (χ3n) is 6.20. The van der Waals surface area contributed by atoms with Gasteiger partial charge in [-0.25, -0.2) is 23.1 Å². The molecule has 39 heavy (non-hydrogen) atoms. The molecule has 0 atom stereocenters. The first-order valence-electron chi connectivity index (χ1n) is 12.6. The summed E-state index contributed by atoms with van der Waals surface area (Å²) in [5.74, 6) is -2.08. The number of hydrogen-bond donors (Lipinski definition) is 2. The summed E-state index contributed by atoms with van der Waals surface area (Å²) in [7, 11) is 2.53. The van der Waals surface area contributed by atoms with Crippen molar-refractivity contribution in [1.29, 1.82) is 0 Å². The lowest BCUT2D eigenvalue weighted by Gasteiger charge is -2.26. The molecule has 0 radical (unpaired) electrons. The number of aromatic nitrogens is 2. The number of piperazine rings is 1. The van der Waals surface area contributed by atoms with Crippen molar-refractivity contribution in [2.75, 3.05) is 58.9 Å². The van der Waals surface area contributed by atoms with Gasteiger partial charge in [0.05, 0.1) is 38.8 Å². The number of ether oxygens (including phenoxy) is 4. The van der Waals surface area contributed by atoms with Gasteiger partial charge in [-0.15, -0.1) is 0 Å². The lowest BCUT2D eigenvalue weighted by Crippen LogP contribution is -2.43. The molecule has 1 fully saturated rings. The van der Waals surface area contributed by atoms with Crippen molar-refractivity contribution < 1.29 is 32.1 Å². The topological polar surface area (TPSA) is 90.0 Å². The molecule has 4 rings (SSSR count). The second-order valence-corrected chi connectivity index (χ2v) is 8.84. The second-order valence-electron chi connectivity index (χ2n) is 8.84. The number of rotatable bonds is 13. The van der Waals surface area contributed by atoms with Crippen LogP contribution in [0.5, 0.6) is 23.0 Å². The Balaban J connectivity index is 1.26. The van der Waals surface area contributed by atoms with Crippen LogP contribution in [0.3, 0.4) is 0 Å². The van der Waals surface area contributed by atoms with Crippen molar-refractivity contribution in [2.45, 2.75) is 19.4 Å². The van der Waals surface area contributed by atoms with Crippen LogP contribution in [-0.4, -0.2) is 68.4 Å². The summed E-state index contributed by atoms with van der Waals surface area (Å²) in [6, 6.07) is 5.63. The average Bonchev–Trinajstić information content (AvgIpc) is 2.95. The quantitative estimate of drug-likeness (QED) is 0.304. The maximum Gasteiger partial charge on any atom is 0.227 e. The molecule has 2 aromatic carbocycles. The van der Waals surface area contributed by atoms with E-state index < -0.39 is 24.1 Å². The van der Waals surface area contributed by atoms with Crippen LogP contribution in [0, 0.1) is 17.5 Å². The maximum atomic E-state index is 14.5. The van der Waals surface area contributed by atoms with E-state index in [1.54, 1.807) is 12.1 Å². The van der Waals surface area contributed by atoms with Gasteiger partial charge in [-0.3, -0.25) is 0 Å². The molecule has 0 bridgehead atoms. The molecule has 2 N–H and O–H groups in total. The summed E-state index contributed by atoms with van der Waals surface area (Å²) >= 11 is 0. The first kappa shape index (κ1) is 28.2. The fourth-order valence-corrected chi connectivity index (χ4v) is 4.05. The van der Waals surface area contributed by atoms with E-state index in [1.165, 1.54) is 32.7 Å². The van der Waals surface area contributed by atoms with Crippen LogP contribution in [0.25, 0.3) is 0 Å². The van der Waals surface area contributed by atoms with Gasteiger partial charge in [0.2, 0.25) is 5.95 Å². The summed E-state index contributed by atoms with van der Waals surface area (Å²) in [5.41, 5.74) is 0.0746. The van der Waals surface area contributed by atoms with Gasteiger partial charge in [0.15, 0.2) is 40.4 Å². The molecule has 0 amide bonds. The average molecular weight is 548 g/mol. The van der Waals surface area contributed by atoms with Gasteiger partial charge >= 0.3 is 0 Å². The van der Waals surface area contributed by atoms with E-state index in [4.69, 9.17) is 18.9 Å². The number of benzene rings is 2. The Morgan fingerprint density at radius 3 is 2.23 bits per heavy atom. The van der Waals surface area contributed by atoms with Crippen LogP contribution in [0.1, 0.15) is 18.4 Å². The Kier molecular flexibility index (Phi) is 10.0. The monoisotopic (exact) mass is 547 g/mol. The Hall–Kier alpha value is -3.77. The minimum atomic E-state index is -0.889. The van der Waals surface area contributed by atoms with Crippen molar-refractivity contribution in [3.8, 4) is 23.0 Å². The van der Waals surface area contributed by atoms with Crippen LogP contribution in [0.15, 0.2) is 36.7 Å². The minimum absolute atomic E-state index is 0.169. The molecule has 1 saturated heterocycles. The lowest BCUT2D eigenvalue weighted by atomic mass is 10.1. The molecule has 1 aliphatic heterocycles. The van der Waals surface area contributed by atoms with Crippen LogP contribution < -0.4 is 29.6 Å². The number of hydrogen-bond acceptors (Lipinski definition) is 9. The predicted molar refractivity (Wildman–Crippen MR) is 140 cm³/mol. The summed E-state index contributed by atoms with van der Waals surface area (Å²) in [6.07, 6.45) is 4.50. The van der Waals surface area contributed by atoms with Crippen LogP contribution in [0.2, 0.25) is 0 Å². The molecule has 9 nitrogen and oxygen atoms in total. The zero-order chi connectivity index (χ0) is 27.6. The molecule has 0 aliphatic carbocycles. The maximum absolute atomic E-state index is 14.5. The number of halogens is 3. The second kappa shape index (κ2) is 13.9. The summed E-state index contributed by atoms with van der Waals surface area (Å²) < 4.78 is 64.5. The first-order valence-corrected chi connectivity index (χ1v) is 12.6. The molecule has 2 heterocycles. The SMILES string of the molecule is COc1cc(OC)c(F)c(COc2cnc(Nc3ccc(OCCCCN4CCNCC4)c(F)c3)nc2)c1F. The third kappa shape index (κ3) is 7.64. The number of nitrogens with one attached hydrogen (secondary N) is 2. The van der Waals surface area contributed by atoms with Crippen LogP contribution >= 0.6 is 0 Å². The molecule has 3 aromatic rings. The molecular weight excluding hydrogens is 515 g/mol. The molecule has 1 aromatic heterocycles. The van der Waals surface area contributed by atoms with E-state index >= 15 is 0 Å². The fourth-order valence-electron chi connectivity index (χ4n) is 4.05. The molecule has 12 heteroatoms. The van der Waals surface area contributed by atoms with E-state index in [-0.39, 0.29) is 34.5 Å². The highest BCUT2D eigenvalue weighted by Gasteiger charge is 2.20. The van der Waals surface area contributed by atoms with Gasteiger partial charge in [-0.2, -0.15) is 0 Å². The van der Waals surface area contributed by atoms with E-state index in [1.807, 2.05) is 0 Å². The van der Waals surface area contributed by atoms with Gasteiger partial charge in [0.1, 0.15) is 6.61 Å². The van der Waals surface area contributed by atoms with Crippen LogP contribution in [0.4, 0.5) is 24.8 Å². The first-order chi connectivity index (χ1) is 19.0. The van der Waals surface area contributed by atoms with Crippen molar-refractivity contribution in [1.82, 2.24) is 20.2 Å². The van der Waals surface area contributed by atoms with E-state index in [0.717, 1.165) is 51.6 Å². The van der Waals surface area contributed by atoms with Gasteiger partial charge in [0.25, 0.3) is 0 Å². The van der Waals surface area contributed by atoms with Gasteiger partial charge in [-0.1, -0.05) is 0 Å². The van der Waals surface area contributed by atoms with E-state index in [9.17, 15) is 13.2 Å². The largest absolute Gasteiger partial charge is 0.494 e. The van der Waals surface area contributed by atoms with Crippen LogP contribution in [-0.2, 0) is 6.61 Å². The van der Waals surface area contributed by atoms with Gasteiger partial charge < -0.3 is 34.5 Å². The number of anilines is 2. The fraction of sp³-hybridized carbons (Fsp3) is 0.407. The molecular formula is C27H32F3N5O4. The van der Waals surface area contributed by atoms with Crippen molar-refractivity contribution >= 4 is 11.6 Å². The van der Waals surface area contributed by atoms with Gasteiger partial charge in [-0.05, 0) is 31.5 Å². The van der Waals surface area contributed by atoms with E-state index in [0.29, 0.717) is 12.3 Å². The molecule has 1 aliphatic rings. The van der Waals surface area contributed by atoms with Crippen molar-refractivity contribution in [3.63, 3.8) is 0 Å². The Morgan fingerprint density at radius 2 is 1.59 bits per heavy atom. The minimum Gasteiger partial charge on any atom is -0.494 e. The number of unbranched alkanes of at least 4 members (excludes halogenated alkanes) is 1. The summed E-state index contributed by atoms with van der Waals surface area (Å²) in [5, 5.41) is 6.23. The zero-order valence-corrected chi connectivity index (χ0v) is 21.9. The zero-order valence-electron chi connectivity index (χ0n) is 21.9. The number of nitrogens with zero attached hydrogens (tertiary/aromatic N) is 3. The highest BCUT2D eigenvalue weighted by Crippen LogP contribution is 2.32. The number of methoxy groups -OCH3 is 2.